The zero-order chi connectivity index (χ0) is 16.4. The van der Waals surface area contributed by atoms with Crippen LogP contribution in [0.1, 0.15) is 39.5 Å². The van der Waals surface area contributed by atoms with Crippen LogP contribution in [0.25, 0.3) is 0 Å². The maximum Gasteiger partial charge on any atom is 0.319 e. The van der Waals surface area contributed by atoms with E-state index in [1.165, 1.54) is 6.42 Å². The van der Waals surface area contributed by atoms with E-state index in [1.807, 2.05) is 0 Å². The van der Waals surface area contributed by atoms with E-state index >= 15 is 0 Å². The van der Waals surface area contributed by atoms with Gasteiger partial charge in [-0.3, -0.25) is 4.79 Å². The molecule has 0 saturated heterocycles. The first-order chi connectivity index (χ1) is 11.0. The fourth-order valence-electron chi connectivity index (χ4n) is 3.15. The van der Waals surface area contributed by atoms with Crippen LogP contribution in [0, 0.1) is 5.92 Å². The molecule has 1 saturated carbocycles. The topological polar surface area (TPSA) is 79.5 Å². The summed E-state index contributed by atoms with van der Waals surface area (Å²) in [5.41, 5.74) is 1.21. The van der Waals surface area contributed by atoms with E-state index < -0.39 is 6.10 Å². The maximum atomic E-state index is 12.2. The Kier molecular flexibility index (Phi) is 4.41. The van der Waals surface area contributed by atoms with Crippen LogP contribution in [0.2, 0.25) is 0 Å². The Morgan fingerprint density at radius 3 is 2.83 bits per heavy atom. The summed E-state index contributed by atoms with van der Waals surface area (Å²) in [5, 5.41) is 8.65. The molecule has 0 unspecified atom stereocenters. The van der Waals surface area contributed by atoms with E-state index in [2.05, 4.69) is 22.9 Å². The van der Waals surface area contributed by atoms with Crippen molar-refractivity contribution in [3.63, 3.8) is 0 Å². The smallest absolute Gasteiger partial charge is 0.319 e. The summed E-state index contributed by atoms with van der Waals surface area (Å²) < 4.78 is 5.50. The van der Waals surface area contributed by atoms with Crippen molar-refractivity contribution in [2.75, 3.05) is 10.6 Å². The summed E-state index contributed by atoms with van der Waals surface area (Å²) in [7, 11) is 0. The van der Waals surface area contributed by atoms with Gasteiger partial charge in [0.1, 0.15) is 5.75 Å². The summed E-state index contributed by atoms with van der Waals surface area (Å²) in [6, 6.07) is 5.26. The summed E-state index contributed by atoms with van der Waals surface area (Å²) >= 11 is 0. The van der Waals surface area contributed by atoms with Crippen LogP contribution >= 0.6 is 0 Å². The number of hydrogen-bond acceptors (Lipinski definition) is 3. The summed E-state index contributed by atoms with van der Waals surface area (Å²) in [5.74, 6) is 0.936. The van der Waals surface area contributed by atoms with E-state index in [9.17, 15) is 9.59 Å². The minimum Gasteiger partial charge on any atom is -0.479 e. The molecule has 0 radical (unpaired) electrons. The molecule has 23 heavy (non-hydrogen) atoms. The van der Waals surface area contributed by atoms with E-state index in [0.29, 0.717) is 23.0 Å². The second-order valence-electron chi connectivity index (χ2n) is 6.43. The number of nitrogens with one attached hydrogen (secondary N) is 3. The molecule has 1 heterocycles. The molecule has 6 nitrogen and oxygen atoms in total. The van der Waals surface area contributed by atoms with Gasteiger partial charge in [-0.1, -0.05) is 19.8 Å². The van der Waals surface area contributed by atoms with Crippen LogP contribution in [-0.2, 0) is 4.79 Å². The number of carbonyl (C=O) groups excluding carboxylic acids is 2. The number of fused-ring (bicyclic) bond motifs is 1. The molecule has 3 amide bonds. The van der Waals surface area contributed by atoms with Crippen molar-refractivity contribution in [1.29, 1.82) is 0 Å². The molecular formula is C17H23N3O3. The maximum absolute atomic E-state index is 12.2. The quantitative estimate of drug-likeness (QED) is 0.784. The lowest BCUT2D eigenvalue weighted by Crippen LogP contribution is -2.43. The Balaban J connectivity index is 1.63. The standard InChI is InChI=1S/C17H23N3O3/c1-10-5-3-4-6-13(10)20-17(22)18-12-7-8-15-14(9-12)19-16(21)11(2)23-15/h7-11,13H,3-6H2,1-2H3,(H,19,21)(H2,18,20,22)/t10-,11+,13-/m1/s1. The van der Waals surface area contributed by atoms with Gasteiger partial charge in [-0.05, 0) is 43.9 Å². The molecule has 3 rings (SSSR count). The highest BCUT2D eigenvalue weighted by Crippen LogP contribution is 2.32. The Labute approximate surface area is 136 Å². The Morgan fingerprint density at radius 2 is 2.04 bits per heavy atom. The summed E-state index contributed by atoms with van der Waals surface area (Å²) in [6.45, 7) is 3.88. The monoisotopic (exact) mass is 317 g/mol. The average molecular weight is 317 g/mol. The molecule has 3 atom stereocenters. The minimum absolute atomic E-state index is 0.185. The molecule has 2 aliphatic rings. The molecule has 124 valence electrons. The zero-order valence-corrected chi connectivity index (χ0v) is 13.5. The normalized spacial score (nSPS) is 26.5. The van der Waals surface area contributed by atoms with Crippen LogP contribution < -0.4 is 20.7 Å². The first-order valence-electron chi connectivity index (χ1n) is 8.22. The van der Waals surface area contributed by atoms with Crippen LogP contribution in [0.5, 0.6) is 5.75 Å². The second kappa shape index (κ2) is 6.48. The van der Waals surface area contributed by atoms with Crippen molar-refractivity contribution < 1.29 is 14.3 Å². The van der Waals surface area contributed by atoms with E-state index in [0.717, 1.165) is 19.3 Å². The van der Waals surface area contributed by atoms with Crippen molar-refractivity contribution in [3.8, 4) is 5.75 Å². The number of amides is 3. The lowest BCUT2D eigenvalue weighted by molar-refractivity contribution is -0.122. The lowest BCUT2D eigenvalue weighted by atomic mass is 9.86. The van der Waals surface area contributed by atoms with Crippen molar-refractivity contribution >= 4 is 23.3 Å². The Morgan fingerprint density at radius 1 is 1.26 bits per heavy atom. The van der Waals surface area contributed by atoms with Crippen molar-refractivity contribution in [3.05, 3.63) is 18.2 Å². The third-order valence-corrected chi connectivity index (χ3v) is 4.60. The Bertz CT molecular complexity index is 617. The highest BCUT2D eigenvalue weighted by Gasteiger charge is 2.25. The largest absolute Gasteiger partial charge is 0.479 e. The fourth-order valence-corrected chi connectivity index (χ4v) is 3.15. The third kappa shape index (κ3) is 3.57. The molecular weight excluding hydrogens is 294 g/mol. The number of carbonyl (C=O) groups is 2. The molecule has 3 N–H and O–H groups in total. The number of hydrogen-bond donors (Lipinski definition) is 3. The zero-order valence-electron chi connectivity index (χ0n) is 13.5. The fraction of sp³-hybridized carbons (Fsp3) is 0.529. The molecule has 1 aliphatic heterocycles. The third-order valence-electron chi connectivity index (χ3n) is 4.60. The molecule has 6 heteroatoms. The van der Waals surface area contributed by atoms with Gasteiger partial charge in [-0.15, -0.1) is 0 Å². The van der Waals surface area contributed by atoms with Crippen molar-refractivity contribution in [1.82, 2.24) is 5.32 Å². The molecule has 0 bridgehead atoms. The predicted octanol–water partition coefficient (Wildman–Crippen LogP) is 3.11. The minimum atomic E-state index is -0.502. The van der Waals surface area contributed by atoms with Gasteiger partial charge in [-0.25, -0.2) is 4.79 Å². The first kappa shape index (κ1) is 15.6. The van der Waals surface area contributed by atoms with Gasteiger partial charge in [0.05, 0.1) is 5.69 Å². The van der Waals surface area contributed by atoms with Gasteiger partial charge < -0.3 is 20.7 Å². The highest BCUT2D eigenvalue weighted by atomic mass is 16.5. The van der Waals surface area contributed by atoms with E-state index in [1.54, 1.807) is 25.1 Å². The van der Waals surface area contributed by atoms with E-state index in [4.69, 9.17) is 4.74 Å². The van der Waals surface area contributed by atoms with Gasteiger partial charge in [0.15, 0.2) is 6.10 Å². The number of rotatable bonds is 2. The van der Waals surface area contributed by atoms with Gasteiger partial charge in [0.2, 0.25) is 0 Å². The second-order valence-corrected chi connectivity index (χ2v) is 6.43. The first-order valence-corrected chi connectivity index (χ1v) is 8.22. The van der Waals surface area contributed by atoms with Gasteiger partial charge in [0, 0.05) is 11.7 Å². The van der Waals surface area contributed by atoms with Crippen LogP contribution in [0.15, 0.2) is 18.2 Å². The van der Waals surface area contributed by atoms with Gasteiger partial charge in [-0.2, -0.15) is 0 Å². The number of ether oxygens (including phenoxy) is 1. The Hall–Kier alpha value is -2.24. The molecule has 1 aliphatic carbocycles. The number of urea groups is 1. The number of anilines is 2. The summed E-state index contributed by atoms with van der Waals surface area (Å²) in [4.78, 5) is 23.8. The van der Waals surface area contributed by atoms with Gasteiger partial charge in [0.25, 0.3) is 5.91 Å². The van der Waals surface area contributed by atoms with Crippen molar-refractivity contribution in [2.24, 2.45) is 5.92 Å². The highest BCUT2D eigenvalue weighted by molar-refractivity contribution is 5.99. The van der Waals surface area contributed by atoms with Crippen LogP contribution in [0.3, 0.4) is 0 Å². The molecule has 0 aromatic heterocycles. The SMILES string of the molecule is C[C@@H]1Oc2ccc(NC(=O)N[C@@H]3CCCC[C@H]3C)cc2NC1=O. The van der Waals surface area contributed by atoms with Crippen LogP contribution in [-0.4, -0.2) is 24.1 Å². The predicted molar refractivity (Wildman–Crippen MR) is 88.7 cm³/mol. The van der Waals surface area contributed by atoms with Crippen molar-refractivity contribution in [2.45, 2.75) is 51.7 Å². The van der Waals surface area contributed by atoms with Gasteiger partial charge >= 0.3 is 6.03 Å². The molecule has 1 fully saturated rings. The number of benzene rings is 1. The molecule has 1 aromatic rings. The van der Waals surface area contributed by atoms with E-state index in [-0.39, 0.29) is 18.0 Å². The molecule has 0 spiro atoms. The lowest BCUT2D eigenvalue weighted by Gasteiger charge is -2.29. The molecule has 1 aromatic carbocycles. The summed E-state index contributed by atoms with van der Waals surface area (Å²) in [6.07, 6.45) is 4.09. The van der Waals surface area contributed by atoms with Crippen LogP contribution in [0.4, 0.5) is 16.2 Å². The average Bonchev–Trinajstić information content (AvgIpc) is 2.51.